The largest absolute Gasteiger partial charge is 0.382 e. The van der Waals surface area contributed by atoms with Crippen LogP contribution in [0.4, 0.5) is 0 Å². The smallest absolute Gasteiger partial charge is 0.240 e. The number of carbonyl (C=O) groups excluding carboxylic acids is 1. The van der Waals surface area contributed by atoms with Crippen LogP contribution >= 0.6 is 0 Å². The Labute approximate surface area is 125 Å². The van der Waals surface area contributed by atoms with Gasteiger partial charge in [-0.2, -0.15) is 0 Å². The molecule has 1 aromatic carbocycles. The molecule has 1 rings (SSSR count). The Hall–Kier alpha value is -1.44. The van der Waals surface area contributed by atoms with Gasteiger partial charge in [0.2, 0.25) is 15.9 Å². The molecule has 0 aromatic heterocycles. The quantitative estimate of drug-likeness (QED) is 0.628. The van der Waals surface area contributed by atoms with Crippen molar-refractivity contribution in [3.05, 3.63) is 30.3 Å². The Kier molecular flexibility index (Phi) is 7.96. The summed E-state index contributed by atoms with van der Waals surface area (Å²) in [4.78, 5) is 11.7. The predicted molar refractivity (Wildman–Crippen MR) is 80.4 cm³/mol. The Morgan fingerprint density at radius 3 is 2.57 bits per heavy atom. The lowest BCUT2D eigenvalue weighted by Crippen LogP contribution is -2.31. The molecule has 21 heavy (non-hydrogen) atoms. The highest BCUT2D eigenvalue weighted by Crippen LogP contribution is 2.06. The molecule has 0 saturated carbocycles. The van der Waals surface area contributed by atoms with E-state index >= 15 is 0 Å². The molecule has 0 aliphatic rings. The number of amides is 1. The van der Waals surface area contributed by atoms with Gasteiger partial charge in [0.25, 0.3) is 0 Å². The first-order valence-corrected chi connectivity index (χ1v) is 8.43. The Balaban J connectivity index is 2.22. The van der Waals surface area contributed by atoms with Gasteiger partial charge >= 0.3 is 0 Å². The third-order valence-electron chi connectivity index (χ3n) is 2.69. The molecule has 0 aliphatic heterocycles. The molecule has 0 bridgehead atoms. The summed E-state index contributed by atoms with van der Waals surface area (Å²) in [7, 11) is -3.54. The van der Waals surface area contributed by atoms with Crippen LogP contribution in [0, 0.1) is 0 Å². The zero-order valence-electron chi connectivity index (χ0n) is 12.2. The van der Waals surface area contributed by atoms with Crippen molar-refractivity contribution < 1.29 is 17.9 Å². The molecule has 7 heteroatoms. The van der Waals surface area contributed by atoms with Crippen molar-refractivity contribution in [1.82, 2.24) is 10.0 Å². The fourth-order valence-electron chi connectivity index (χ4n) is 1.62. The maximum Gasteiger partial charge on any atom is 0.240 e. The number of hydrogen-bond donors (Lipinski definition) is 2. The number of carbonyl (C=O) groups is 1. The average molecular weight is 314 g/mol. The van der Waals surface area contributed by atoms with Gasteiger partial charge < -0.3 is 10.1 Å². The van der Waals surface area contributed by atoms with Gasteiger partial charge in [-0.1, -0.05) is 18.2 Å². The van der Waals surface area contributed by atoms with Gasteiger partial charge in [0.15, 0.2) is 0 Å². The first-order valence-electron chi connectivity index (χ1n) is 6.95. The molecule has 118 valence electrons. The van der Waals surface area contributed by atoms with Gasteiger partial charge in [-0.25, -0.2) is 13.1 Å². The van der Waals surface area contributed by atoms with E-state index in [4.69, 9.17) is 4.74 Å². The van der Waals surface area contributed by atoms with E-state index < -0.39 is 10.0 Å². The first kappa shape index (κ1) is 17.6. The molecule has 0 saturated heterocycles. The monoisotopic (exact) mass is 314 g/mol. The van der Waals surface area contributed by atoms with E-state index in [0.717, 1.165) is 6.42 Å². The lowest BCUT2D eigenvalue weighted by Gasteiger charge is -2.07. The third kappa shape index (κ3) is 7.22. The highest BCUT2D eigenvalue weighted by Gasteiger charge is 2.13. The Morgan fingerprint density at radius 1 is 1.19 bits per heavy atom. The van der Waals surface area contributed by atoms with Crippen molar-refractivity contribution in [2.24, 2.45) is 0 Å². The number of benzene rings is 1. The molecule has 1 aromatic rings. The molecule has 2 N–H and O–H groups in total. The second-order valence-corrected chi connectivity index (χ2v) is 6.13. The van der Waals surface area contributed by atoms with Gasteiger partial charge in [-0.15, -0.1) is 0 Å². The highest BCUT2D eigenvalue weighted by atomic mass is 32.2. The molecule has 6 nitrogen and oxygen atoms in total. The normalized spacial score (nSPS) is 11.3. The molecular formula is C14H22N2O4S. The SMILES string of the molecule is CCOCCCNC(=O)CCNS(=O)(=O)c1ccccc1. The number of rotatable bonds is 10. The predicted octanol–water partition coefficient (Wildman–Crippen LogP) is 0.898. The summed E-state index contributed by atoms with van der Waals surface area (Å²) in [6, 6.07) is 8.07. The van der Waals surface area contributed by atoms with Crippen LogP contribution in [-0.2, 0) is 19.6 Å². The number of nitrogens with one attached hydrogen (secondary N) is 2. The fraction of sp³-hybridized carbons (Fsp3) is 0.500. The van der Waals surface area contributed by atoms with Gasteiger partial charge in [0.1, 0.15) is 0 Å². The fourth-order valence-corrected chi connectivity index (χ4v) is 2.67. The summed E-state index contributed by atoms with van der Waals surface area (Å²) in [6.45, 7) is 3.79. The van der Waals surface area contributed by atoms with E-state index in [2.05, 4.69) is 10.0 Å². The average Bonchev–Trinajstić information content (AvgIpc) is 2.48. The van der Waals surface area contributed by atoms with Crippen LogP contribution in [0.5, 0.6) is 0 Å². The minimum atomic E-state index is -3.54. The molecule has 0 atom stereocenters. The summed E-state index contributed by atoms with van der Waals surface area (Å²) < 4.78 is 31.3. The van der Waals surface area contributed by atoms with Gasteiger partial charge in [0.05, 0.1) is 4.90 Å². The van der Waals surface area contributed by atoms with E-state index in [9.17, 15) is 13.2 Å². The highest BCUT2D eigenvalue weighted by molar-refractivity contribution is 7.89. The van der Waals surface area contributed by atoms with Gasteiger partial charge in [-0.05, 0) is 25.5 Å². The van der Waals surface area contributed by atoms with E-state index in [-0.39, 0.29) is 23.8 Å². The van der Waals surface area contributed by atoms with Crippen molar-refractivity contribution in [3.63, 3.8) is 0 Å². The van der Waals surface area contributed by atoms with Crippen LogP contribution in [0.2, 0.25) is 0 Å². The number of ether oxygens (including phenoxy) is 1. The summed E-state index contributed by atoms with van der Waals surface area (Å²) in [6.07, 6.45) is 0.857. The summed E-state index contributed by atoms with van der Waals surface area (Å²) >= 11 is 0. The lowest BCUT2D eigenvalue weighted by molar-refractivity contribution is -0.120. The molecule has 0 radical (unpaired) electrons. The van der Waals surface area contributed by atoms with E-state index in [1.165, 1.54) is 12.1 Å². The molecule has 0 aliphatic carbocycles. The van der Waals surface area contributed by atoms with Gasteiger partial charge in [0, 0.05) is 32.7 Å². The number of sulfonamides is 1. The molecule has 0 heterocycles. The maximum absolute atomic E-state index is 11.9. The summed E-state index contributed by atoms with van der Waals surface area (Å²) in [5.74, 6) is -0.178. The lowest BCUT2D eigenvalue weighted by atomic mass is 10.4. The van der Waals surface area contributed by atoms with Crippen LogP contribution in [0.15, 0.2) is 35.2 Å². The summed E-state index contributed by atoms with van der Waals surface area (Å²) in [5, 5.41) is 2.71. The summed E-state index contributed by atoms with van der Waals surface area (Å²) in [5.41, 5.74) is 0. The number of hydrogen-bond acceptors (Lipinski definition) is 4. The van der Waals surface area contributed by atoms with Gasteiger partial charge in [-0.3, -0.25) is 4.79 Å². The second kappa shape index (κ2) is 9.49. The van der Waals surface area contributed by atoms with E-state index in [1.54, 1.807) is 18.2 Å². The minimum Gasteiger partial charge on any atom is -0.382 e. The van der Waals surface area contributed by atoms with E-state index in [1.807, 2.05) is 6.92 Å². The maximum atomic E-state index is 11.9. The zero-order valence-corrected chi connectivity index (χ0v) is 13.0. The Bertz CT molecular complexity index is 517. The zero-order chi connectivity index (χ0) is 15.6. The van der Waals surface area contributed by atoms with Crippen molar-refractivity contribution in [2.45, 2.75) is 24.7 Å². The third-order valence-corrected chi connectivity index (χ3v) is 4.17. The Morgan fingerprint density at radius 2 is 1.90 bits per heavy atom. The molecular weight excluding hydrogens is 292 g/mol. The van der Waals surface area contributed by atoms with Crippen LogP contribution in [-0.4, -0.2) is 40.6 Å². The van der Waals surface area contributed by atoms with Crippen molar-refractivity contribution in [3.8, 4) is 0 Å². The van der Waals surface area contributed by atoms with Crippen LogP contribution in [0.1, 0.15) is 19.8 Å². The topological polar surface area (TPSA) is 84.5 Å². The molecule has 1 amide bonds. The van der Waals surface area contributed by atoms with Crippen molar-refractivity contribution in [1.29, 1.82) is 0 Å². The van der Waals surface area contributed by atoms with E-state index in [0.29, 0.717) is 19.8 Å². The minimum absolute atomic E-state index is 0.0779. The molecule has 0 unspecified atom stereocenters. The van der Waals surface area contributed by atoms with Crippen LogP contribution in [0.3, 0.4) is 0 Å². The first-order chi connectivity index (χ1) is 10.1. The van der Waals surface area contributed by atoms with Crippen molar-refractivity contribution >= 4 is 15.9 Å². The van der Waals surface area contributed by atoms with Crippen LogP contribution in [0.25, 0.3) is 0 Å². The molecule has 0 fully saturated rings. The standard InChI is InChI=1S/C14H22N2O4S/c1-2-20-12-6-10-15-14(17)9-11-16-21(18,19)13-7-4-3-5-8-13/h3-5,7-8,16H,2,6,9-12H2,1H3,(H,15,17). The van der Waals surface area contributed by atoms with Crippen LogP contribution < -0.4 is 10.0 Å². The second-order valence-electron chi connectivity index (χ2n) is 4.36. The van der Waals surface area contributed by atoms with Crippen molar-refractivity contribution in [2.75, 3.05) is 26.3 Å². The molecule has 0 spiro atoms.